The third-order valence-corrected chi connectivity index (χ3v) is 3.85. The lowest BCUT2D eigenvalue weighted by Gasteiger charge is -2.22. The van der Waals surface area contributed by atoms with Crippen LogP contribution in [0.4, 0.5) is 10.8 Å². The van der Waals surface area contributed by atoms with Gasteiger partial charge in [-0.1, -0.05) is 0 Å². The monoisotopic (exact) mass is 217 g/mol. The first-order valence-electron chi connectivity index (χ1n) is 4.10. The van der Waals surface area contributed by atoms with Gasteiger partial charge in [0.05, 0.1) is 4.90 Å². The van der Waals surface area contributed by atoms with Crippen LogP contribution in [0.15, 0.2) is 4.90 Å². The Labute approximate surface area is 87.5 Å². The van der Waals surface area contributed by atoms with Crippen LogP contribution in [0.3, 0.4) is 0 Å². The van der Waals surface area contributed by atoms with Gasteiger partial charge in [-0.15, -0.1) is 11.8 Å². The fourth-order valence-corrected chi connectivity index (χ4v) is 2.73. The Morgan fingerprint density at radius 3 is 2.62 bits per heavy atom. The Kier molecular flexibility index (Phi) is 3.44. The van der Waals surface area contributed by atoms with E-state index in [-0.39, 0.29) is 0 Å². The summed E-state index contributed by atoms with van der Waals surface area (Å²) < 4.78 is 4.15. The van der Waals surface area contributed by atoms with Gasteiger partial charge in [-0.25, -0.2) is 0 Å². The number of hydrogen-bond acceptors (Lipinski definition) is 5. The van der Waals surface area contributed by atoms with Gasteiger partial charge in [-0.05, 0) is 31.6 Å². The zero-order valence-corrected chi connectivity index (χ0v) is 10.00. The van der Waals surface area contributed by atoms with Crippen LogP contribution < -0.4 is 10.6 Å². The molecule has 0 saturated heterocycles. The minimum Gasteiger partial charge on any atom is -0.382 e. The topological polar surface area (TPSA) is 42.1 Å². The van der Waals surface area contributed by atoms with Crippen molar-refractivity contribution in [2.45, 2.75) is 24.8 Å². The number of nitrogens with two attached hydrogens (primary N) is 1. The molecule has 0 aliphatic carbocycles. The second kappa shape index (κ2) is 4.19. The van der Waals surface area contributed by atoms with Crippen molar-refractivity contribution in [2.75, 3.05) is 23.9 Å². The molecular formula is C8H15N3S2. The average molecular weight is 217 g/mol. The summed E-state index contributed by atoms with van der Waals surface area (Å²) in [7, 11) is 2.07. The van der Waals surface area contributed by atoms with E-state index in [0.717, 1.165) is 4.90 Å². The standard InChI is InChI=1S/C8H15N3S2/c1-5(2)11(3)8-6(12-4)7(9)10-13-8/h5H,1-4H3,(H2,9,10). The van der Waals surface area contributed by atoms with Crippen molar-refractivity contribution in [1.29, 1.82) is 0 Å². The quantitative estimate of drug-likeness (QED) is 0.789. The summed E-state index contributed by atoms with van der Waals surface area (Å²) in [6.45, 7) is 4.31. The van der Waals surface area contributed by atoms with E-state index in [1.807, 2.05) is 6.26 Å². The number of rotatable bonds is 3. The van der Waals surface area contributed by atoms with Crippen molar-refractivity contribution < 1.29 is 0 Å². The number of anilines is 2. The molecule has 0 radical (unpaired) electrons. The summed E-state index contributed by atoms with van der Waals surface area (Å²) in [5, 5.41) is 1.17. The van der Waals surface area contributed by atoms with Gasteiger partial charge in [0.1, 0.15) is 5.00 Å². The third-order valence-electron chi connectivity index (χ3n) is 1.96. The molecule has 13 heavy (non-hydrogen) atoms. The summed E-state index contributed by atoms with van der Waals surface area (Å²) in [4.78, 5) is 3.29. The fourth-order valence-electron chi connectivity index (χ4n) is 0.936. The van der Waals surface area contributed by atoms with Crippen molar-refractivity contribution in [3.8, 4) is 0 Å². The number of nitrogens with zero attached hydrogens (tertiary/aromatic N) is 2. The molecule has 0 bridgehead atoms. The van der Waals surface area contributed by atoms with Crippen LogP contribution in [0, 0.1) is 0 Å². The summed E-state index contributed by atoms with van der Waals surface area (Å²) in [5.41, 5.74) is 5.74. The molecule has 0 spiro atoms. The van der Waals surface area contributed by atoms with Gasteiger partial charge in [0, 0.05) is 13.1 Å². The molecule has 0 amide bonds. The highest BCUT2D eigenvalue weighted by molar-refractivity contribution is 7.99. The van der Waals surface area contributed by atoms with Gasteiger partial charge in [-0.3, -0.25) is 0 Å². The lowest BCUT2D eigenvalue weighted by Crippen LogP contribution is -2.25. The maximum atomic E-state index is 5.74. The van der Waals surface area contributed by atoms with E-state index in [0.29, 0.717) is 11.9 Å². The summed E-state index contributed by atoms with van der Waals surface area (Å²) in [6.07, 6.45) is 2.03. The minimum atomic E-state index is 0.478. The van der Waals surface area contributed by atoms with Gasteiger partial charge in [0.15, 0.2) is 5.82 Å². The first kappa shape index (κ1) is 10.7. The zero-order valence-electron chi connectivity index (χ0n) is 8.37. The highest BCUT2D eigenvalue weighted by Crippen LogP contribution is 2.37. The largest absolute Gasteiger partial charge is 0.382 e. The normalized spacial score (nSPS) is 10.8. The molecule has 0 atom stereocenters. The van der Waals surface area contributed by atoms with Crippen LogP contribution in [-0.4, -0.2) is 23.7 Å². The van der Waals surface area contributed by atoms with Gasteiger partial charge in [0.25, 0.3) is 0 Å². The van der Waals surface area contributed by atoms with Crippen LogP contribution in [0.1, 0.15) is 13.8 Å². The van der Waals surface area contributed by atoms with E-state index in [1.54, 1.807) is 11.8 Å². The molecular weight excluding hydrogens is 202 g/mol. The number of hydrogen-bond donors (Lipinski definition) is 1. The number of thioether (sulfide) groups is 1. The van der Waals surface area contributed by atoms with Gasteiger partial charge in [0.2, 0.25) is 0 Å². The maximum absolute atomic E-state index is 5.74. The minimum absolute atomic E-state index is 0.478. The molecule has 1 aromatic rings. The Balaban J connectivity index is 3.00. The number of nitrogen functional groups attached to an aromatic ring is 1. The Morgan fingerprint density at radius 1 is 1.54 bits per heavy atom. The van der Waals surface area contributed by atoms with E-state index in [1.165, 1.54) is 16.5 Å². The molecule has 0 fully saturated rings. The predicted octanol–water partition coefficient (Wildman–Crippen LogP) is 2.29. The van der Waals surface area contributed by atoms with E-state index in [9.17, 15) is 0 Å². The SMILES string of the molecule is CSc1c(N)nsc1N(C)C(C)C. The Hall–Kier alpha value is -0.420. The van der Waals surface area contributed by atoms with Crippen LogP contribution in [0.25, 0.3) is 0 Å². The van der Waals surface area contributed by atoms with Crippen molar-refractivity contribution in [3.05, 3.63) is 0 Å². The van der Waals surface area contributed by atoms with Crippen LogP contribution in [0.2, 0.25) is 0 Å². The van der Waals surface area contributed by atoms with Crippen LogP contribution >= 0.6 is 23.3 Å². The molecule has 3 nitrogen and oxygen atoms in total. The second-order valence-corrected chi connectivity index (χ2v) is 4.68. The molecule has 0 aliphatic rings. The third kappa shape index (κ3) is 2.08. The number of aromatic nitrogens is 1. The van der Waals surface area contributed by atoms with Crippen molar-refractivity contribution in [2.24, 2.45) is 0 Å². The van der Waals surface area contributed by atoms with Crippen LogP contribution in [0.5, 0.6) is 0 Å². The molecule has 1 aromatic heterocycles. The van der Waals surface area contributed by atoms with Crippen molar-refractivity contribution >= 4 is 34.1 Å². The molecule has 0 aromatic carbocycles. The highest BCUT2D eigenvalue weighted by Gasteiger charge is 2.15. The molecule has 2 N–H and O–H groups in total. The van der Waals surface area contributed by atoms with Gasteiger partial charge >= 0.3 is 0 Å². The highest BCUT2D eigenvalue weighted by atomic mass is 32.2. The molecule has 5 heteroatoms. The first-order valence-corrected chi connectivity index (χ1v) is 6.09. The smallest absolute Gasteiger partial charge is 0.153 e. The molecule has 74 valence electrons. The molecule has 0 unspecified atom stereocenters. The first-order chi connectivity index (χ1) is 6.07. The Morgan fingerprint density at radius 2 is 2.15 bits per heavy atom. The molecule has 0 aliphatic heterocycles. The molecule has 0 saturated carbocycles. The van der Waals surface area contributed by atoms with Gasteiger partial charge < -0.3 is 10.6 Å². The van der Waals surface area contributed by atoms with Gasteiger partial charge in [-0.2, -0.15) is 4.37 Å². The summed E-state index contributed by atoms with van der Waals surface area (Å²) in [5.74, 6) is 0.653. The zero-order chi connectivity index (χ0) is 10.0. The molecule has 1 rings (SSSR count). The van der Waals surface area contributed by atoms with Crippen molar-refractivity contribution in [1.82, 2.24) is 4.37 Å². The van der Waals surface area contributed by atoms with Crippen LogP contribution in [-0.2, 0) is 0 Å². The average Bonchev–Trinajstić information content (AvgIpc) is 2.45. The lowest BCUT2D eigenvalue weighted by molar-refractivity contribution is 0.756. The van der Waals surface area contributed by atoms with E-state index < -0.39 is 0 Å². The lowest BCUT2D eigenvalue weighted by atomic mass is 10.3. The fraction of sp³-hybridized carbons (Fsp3) is 0.625. The van der Waals surface area contributed by atoms with Crippen molar-refractivity contribution in [3.63, 3.8) is 0 Å². The maximum Gasteiger partial charge on any atom is 0.153 e. The van der Waals surface area contributed by atoms with E-state index >= 15 is 0 Å². The van der Waals surface area contributed by atoms with E-state index in [4.69, 9.17) is 5.73 Å². The van der Waals surface area contributed by atoms with E-state index in [2.05, 4.69) is 30.2 Å². The summed E-state index contributed by atoms with van der Waals surface area (Å²) in [6, 6.07) is 0.478. The predicted molar refractivity (Wildman–Crippen MR) is 61.8 cm³/mol. The molecule has 1 heterocycles. The summed E-state index contributed by atoms with van der Waals surface area (Å²) >= 11 is 3.12. The Bertz CT molecular complexity index is 283. The second-order valence-electron chi connectivity index (χ2n) is 3.11.